The van der Waals surface area contributed by atoms with E-state index < -0.39 is 0 Å². The molecule has 40 heavy (non-hydrogen) atoms. The van der Waals surface area contributed by atoms with E-state index in [1.165, 1.54) is 23.3 Å². The lowest BCUT2D eigenvalue weighted by atomic mass is 10.0. The molecule has 5 nitrogen and oxygen atoms in total. The Balaban J connectivity index is 1.31. The van der Waals surface area contributed by atoms with Crippen LogP contribution in [0, 0.1) is 11.2 Å². The third-order valence-electron chi connectivity index (χ3n) is 6.90. The Morgan fingerprint density at radius 2 is 1.77 bits per heavy atom. The van der Waals surface area contributed by atoms with Gasteiger partial charge < -0.3 is 10.7 Å². The predicted octanol–water partition coefficient (Wildman–Crippen LogP) is 7.42. The Kier molecular flexibility index (Phi) is 7.78. The number of aryl methyl sites for hydroxylation is 2. The van der Waals surface area contributed by atoms with Crippen LogP contribution in [0.1, 0.15) is 29.3 Å². The van der Waals surface area contributed by atoms with Gasteiger partial charge in [-0.15, -0.1) is 0 Å². The topological polar surface area (TPSA) is 91.4 Å². The first-order valence-corrected chi connectivity index (χ1v) is 13.0. The van der Waals surface area contributed by atoms with E-state index in [9.17, 15) is 4.39 Å². The highest BCUT2D eigenvalue weighted by molar-refractivity contribution is 6.14. The zero-order chi connectivity index (χ0) is 28.1. The summed E-state index contributed by atoms with van der Waals surface area (Å²) < 4.78 is 13.8. The van der Waals surface area contributed by atoms with Gasteiger partial charge in [-0.25, -0.2) is 9.37 Å². The monoisotopic (exact) mass is 527 g/mol. The van der Waals surface area contributed by atoms with E-state index in [1.54, 1.807) is 18.3 Å². The molecule has 0 unspecified atom stereocenters. The molecule has 0 amide bonds. The Labute approximate surface area is 233 Å². The van der Waals surface area contributed by atoms with E-state index >= 15 is 0 Å². The van der Waals surface area contributed by atoms with E-state index in [0.29, 0.717) is 22.6 Å². The third-order valence-corrected chi connectivity index (χ3v) is 6.90. The molecule has 3 aromatic heterocycles. The van der Waals surface area contributed by atoms with E-state index in [4.69, 9.17) is 11.1 Å². The van der Waals surface area contributed by atoms with Crippen LogP contribution < -0.4 is 5.73 Å². The van der Waals surface area contributed by atoms with Gasteiger partial charge in [0.05, 0.1) is 11.4 Å². The highest BCUT2D eigenvalue weighted by Crippen LogP contribution is 2.29. The number of allylic oxidation sites excluding steroid dienone is 4. The fraction of sp³-hybridized carbons (Fsp3) is 0.0882. The molecule has 6 heteroatoms. The minimum Gasteiger partial charge on any atom is -0.398 e. The average Bonchev–Trinajstić information content (AvgIpc) is 3.43. The molecule has 0 bridgehead atoms. The van der Waals surface area contributed by atoms with Crippen LogP contribution in [0.25, 0.3) is 27.7 Å². The van der Waals surface area contributed by atoms with Crippen LogP contribution in [0.5, 0.6) is 0 Å². The molecule has 0 atom stereocenters. The summed E-state index contributed by atoms with van der Waals surface area (Å²) in [7, 11) is 0. The zero-order valence-corrected chi connectivity index (χ0v) is 22.3. The SMILES string of the molecule is C=C(C(=N)c1cc2c(-c3cccc(F)c3)ccnc2[nH]1)/C(N)=C\C=C(/C)c1cncc(CCc2ccccc2)c1. The van der Waals surface area contributed by atoms with E-state index in [0.717, 1.165) is 40.5 Å². The van der Waals surface area contributed by atoms with E-state index in [2.05, 4.69) is 51.9 Å². The van der Waals surface area contributed by atoms with Crippen LogP contribution in [0.15, 0.2) is 121 Å². The van der Waals surface area contributed by atoms with Crippen LogP contribution in [0.3, 0.4) is 0 Å². The summed E-state index contributed by atoms with van der Waals surface area (Å²) in [4.78, 5) is 12.0. The summed E-state index contributed by atoms with van der Waals surface area (Å²) in [5.74, 6) is -0.310. The summed E-state index contributed by atoms with van der Waals surface area (Å²) >= 11 is 0. The second-order valence-electron chi connectivity index (χ2n) is 9.71. The van der Waals surface area contributed by atoms with Crippen molar-refractivity contribution in [2.75, 3.05) is 0 Å². The number of nitrogens with two attached hydrogens (primary N) is 1. The van der Waals surface area contributed by atoms with Gasteiger partial charge in [0.15, 0.2) is 0 Å². The van der Waals surface area contributed by atoms with E-state index in [1.807, 2.05) is 49.7 Å². The summed E-state index contributed by atoms with van der Waals surface area (Å²) in [6.45, 7) is 6.07. The molecule has 0 saturated heterocycles. The number of nitrogens with zero attached hydrogens (tertiary/aromatic N) is 2. The number of benzene rings is 2. The fourth-order valence-corrected chi connectivity index (χ4v) is 4.56. The van der Waals surface area contributed by atoms with Gasteiger partial charge in [-0.05, 0) is 89.6 Å². The molecule has 0 aliphatic carbocycles. The maximum absolute atomic E-state index is 13.8. The smallest absolute Gasteiger partial charge is 0.138 e. The number of nitrogens with one attached hydrogen (secondary N) is 2. The first kappa shape index (κ1) is 26.5. The molecule has 5 rings (SSSR count). The lowest BCUT2D eigenvalue weighted by Gasteiger charge is -2.07. The Morgan fingerprint density at radius 1 is 0.975 bits per heavy atom. The minimum atomic E-state index is -0.310. The normalized spacial score (nSPS) is 12.1. The first-order valence-electron chi connectivity index (χ1n) is 13.0. The number of hydrogen-bond acceptors (Lipinski definition) is 4. The summed E-state index contributed by atoms with van der Waals surface area (Å²) in [5.41, 5.74) is 14.5. The number of hydrogen-bond donors (Lipinski definition) is 3. The second kappa shape index (κ2) is 11.7. The summed E-state index contributed by atoms with van der Waals surface area (Å²) in [5, 5.41) is 9.52. The van der Waals surface area contributed by atoms with Crippen molar-refractivity contribution in [2.45, 2.75) is 19.8 Å². The largest absolute Gasteiger partial charge is 0.398 e. The number of rotatable bonds is 9. The van der Waals surface area contributed by atoms with Gasteiger partial charge in [0.1, 0.15) is 11.5 Å². The number of halogens is 1. The van der Waals surface area contributed by atoms with Gasteiger partial charge in [0.25, 0.3) is 0 Å². The van der Waals surface area contributed by atoms with Crippen molar-refractivity contribution in [2.24, 2.45) is 5.73 Å². The molecule has 0 saturated carbocycles. The molecular weight excluding hydrogens is 497 g/mol. The molecule has 0 radical (unpaired) electrons. The maximum atomic E-state index is 13.8. The van der Waals surface area contributed by atoms with Gasteiger partial charge in [0, 0.05) is 35.2 Å². The Hall–Kier alpha value is -5.10. The first-order chi connectivity index (χ1) is 19.4. The standard InChI is InChI=1S/C34H30FN5/c1-22(27-17-25(20-38-21-27)13-12-24-7-4-3-5-8-24)11-14-31(36)23(2)33(37)32-19-30-29(15-16-39-34(30)40-32)26-9-6-10-28(35)18-26/h3-11,14-21,37H,2,12-13,36H2,1H3,(H,39,40)/b22-11+,31-14+,37-33?. The lowest BCUT2D eigenvalue weighted by Crippen LogP contribution is -2.10. The highest BCUT2D eigenvalue weighted by atomic mass is 19.1. The molecule has 5 aromatic rings. The van der Waals surface area contributed by atoms with Crippen LogP contribution in [0.4, 0.5) is 4.39 Å². The molecule has 4 N–H and O–H groups in total. The van der Waals surface area contributed by atoms with Gasteiger partial charge in [0.2, 0.25) is 0 Å². The van der Waals surface area contributed by atoms with Crippen LogP contribution in [0.2, 0.25) is 0 Å². The molecule has 0 fully saturated rings. The number of H-pyrrole nitrogens is 1. The van der Waals surface area contributed by atoms with Crippen molar-refractivity contribution >= 4 is 22.3 Å². The second-order valence-corrected chi connectivity index (χ2v) is 9.71. The summed E-state index contributed by atoms with van der Waals surface area (Å²) in [6, 6.07) is 22.6. The van der Waals surface area contributed by atoms with Crippen LogP contribution in [-0.4, -0.2) is 20.7 Å². The third kappa shape index (κ3) is 5.97. The van der Waals surface area contributed by atoms with Gasteiger partial charge in [-0.1, -0.05) is 55.1 Å². The Morgan fingerprint density at radius 3 is 2.58 bits per heavy atom. The van der Waals surface area contributed by atoms with Gasteiger partial charge in [-0.2, -0.15) is 0 Å². The van der Waals surface area contributed by atoms with Crippen molar-refractivity contribution in [3.63, 3.8) is 0 Å². The molecule has 198 valence electrons. The predicted molar refractivity (Wildman–Crippen MR) is 161 cm³/mol. The fourth-order valence-electron chi connectivity index (χ4n) is 4.56. The molecule has 0 aliphatic heterocycles. The average molecular weight is 528 g/mol. The van der Waals surface area contributed by atoms with Crippen LogP contribution in [-0.2, 0) is 12.8 Å². The molecule has 3 heterocycles. The van der Waals surface area contributed by atoms with E-state index in [-0.39, 0.29) is 11.5 Å². The minimum absolute atomic E-state index is 0.160. The van der Waals surface area contributed by atoms with Crippen molar-refractivity contribution in [3.8, 4) is 11.1 Å². The maximum Gasteiger partial charge on any atom is 0.138 e. The molecule has 2 aromatic carbocycles. The van der Waals surface area contributed by atoms with Crippen molar-refractivity contribution in [1.29, 1.82) is 5.41 Å². The molecular formula is C34H30FN5. The zero-order valence-electron chi connectivity index (χ0n) is 22.3. The van der Waals surface area contributed by atoms with Crippen molar-refractivity contribution in [3.05, 3.63) is 150 Å². The Bertz CT molecular complexity index is 1760. The number of aromatic amines is 1. The van der Waals surface area contributed by atoms with Crippen molar-refractivity contribution in [1.82, 2.24) is 15.0 Å². The number of pyridine rings is 2. The quantitative estimate of drug-likeness (QED) is 0.138. The number of fused-ring (bicyclic) bond motifs is 1. The van der Waals surface area contributed by atoms with Crippen molar-refractivity contribution < 1.29 is 4.39 Å². The molecule has 0 aliphatic rings. The highest BCUT2D eigenvalue weighted by Gasteiger charge is 2.14. The summed E-state index contributed by atoms with van der Waals surface area (Å²) in [6.07, 6.45) is 11.0. The van der Waals surface area contributed by atoms with Crippen LogP contribution >= 0.6 is 0 Å². The van der Waals surface area contributed by atoms with Gasteiger partial charge in [-0.3, -0.25) is 10.4 Å². The van der Waals surface area contributed by atoms with Gasteiger partial charge >= 0.3 is 0 Å². The molecule has 0 spiro atoms. The number of aromatic nitrogens is 3. The lowest BCUT2D eigenvalue weighted by molar-refractivity contribution is 0.628.